The molecule has 0 saturated carbocycles. The SMILES string of the molecule is Cc1cc(Br)nc(C)c1C1CCN(C)CC1. The van der Waals surface area contributed by atoms with Gasteiger partial charge in [0.2, 0.25) is 0 Å². The standard InChI is InChI=1S/C13H19BrN2/c1-9-8-12(14)15-10(2)13(9)11-4-6-16(3)7-5-11/h8,11H,4-7H2,1-3H3. The van der Waals surface area contributed by atoms with E-state index in [1.807, 2.05) is 0 Å². The molecule has 3 heteroatoms. The topological polar surface area (TPSA) is 16.1 Å². The van der Waals surface area contributed by atoms with Gasteiger partial charge in [-0.2, -0.15) is 0 Å². The fourth-order valence-electron chi connectivity index (χ4n) is 2.71. The summed E-state index contributed by atoms with van der Waals surface area (Å²) in [7, 11) is 2.20. The first kappa shape index (κ1) is 12.1. The number of halogens is 1. The minimum absolute atomic E-state index is 0.705. The first-order valence-electron chi connectivity index (χ1n) is 5.90. The maximum absolute atomic E-state index is 4.53. The molecule has 1 aromatic heterocycles. The highest BCUT2D eigenvalue weighted by Crippen LogP contribution is 2.32. The Bertz CT molecular complexity index is 359. The van der Waals surface area contributed by atoms with E-state index in [-0.39, 0.29) is 0 Å². The molecule has 0 atom stereocenters. The molecule has 0 aromatic carbocycles. The van der Waals surface area contributed by atoms with Gasteiger partial charge in [-0.15, -0.1) is 0 Å². The summed E-state index contributed by atoms with van der Waals surface area (Å²) in [6, 6.07) is 2.14. The van der Waals surface area contributed by atoms with Crippen LogP contribution in [0.1, 0.15) is 35.6 Å². The van der Waals surface area contributed by atoms with Gasteiger partial charge in [-0.1, -0.05) is 0 Å². The van der Waals surface area contributed by atoms with Gasteiger partial charge in [-0.05, 0) is 85.9 Å². The van der Waals surface area contributed by atoms with E-state index in [1.54, 1.807) is 0 Å². The van der Waals surface area contributed by atoms with E-state index < -0.39 is 0 Å². The zero-order valence-electron chi connectivity index (χ0n) is 10.3. The van der Waals surface area contributed by atoms with Crippen LogP contribution < -0.4 is 0 Å². The van der Waals surface area contributed by atoms with Crippen molar-refractivity contribution in [3.05, 3.63) is 27.5 Å². The molecule has 2 nitrogen and oxygen atoms in total. The second-order valence-electron chi connectivity index (χ2n) is 4.84. The second kappa shape index (κ2) is 4.84. The first-order valence-corrected chi connectivity index (χ1v) is 6.69. The molecule has 0 bridgehead atoms. The van der Waals surface area contributed by atoms with Crippen molar-refractivity contribution in [1.82, 2.24) is 9.88 Å². The molecule has 0 aliphatic carbocycles. The molecule has 1 fully saturated rings. The van der Waals surface area contributed by atoms with Crippen LogP contribution in [0.5, 0.6) is 0 Å². The summed E-state index contributed by atoms with van der Waals surface area (Å²) < 4.78 is 0.958. The molecule has 1 aliphatic rings. The molecule has 0 unspecified atom stereocenters. The van der Waals surface area contributed by atoms with Crippen molar-refractivity contribution in [2.45, 2.75) is 32.6 Å². The summed E-state index contributed by atoms with van der Waals surface area (Å²) in [6.07, 6.45) is 2.53. The molecular weight excluding hydrogens is 264 g/mol. The predicted molar refractivity (Wildman–Crippen MR) is 70.9 cm³/mol. The number of hydrogen-bond donors (Lipinski definition) is 0. The molecule has 0 radical (unpaired) electrons. The maximum Gasteiger partial charge on any atom is 0.106 e. The van der Waals surface area contributed by atoms with Crippen molar-refractivity contribution in [3.63, 3.8) is 0 Å². The Hall–Kier alpha value is -0.410. The number of piperidine rings is 1. The van der Waals surface area contributed by atoms with Gasteiger partial charge in [0.1, 0.15) is 4.60 Å². The van der Waals surface area contributed by atoms with Crippen molar-refractivity contribution < 1.29 is 0 Å². The molecule has 2 rings (SSSR count). The molecule has 88 valence electrons. The Kier molecular flexibility index (Phi) is 3.65. The van der Waals surface area contributed by atoms with Crippen LogP contribution in [0.4, 0.5) is 0 Å². The minimum Gasteiger partial charge on any atom is -0.306 e. The molecular formula is C13H19BrN2. The predicted octanol–water partition coefficient (Wildman–Crippen LogP) is 3.27. The van der Waals surface area contributed by atoms with Gasteiger partial charge in [0, 0.05) is 5.69 Å². The molecule has 2 heterocycles. The van der Waals surface area contributed by atoms with Gasteiger partial charge < -0.3 is 4.90 Å². The summed E-state index contributed by atoms with van der Waals surface area (Å²) >= 11 is 3.46. The van der Waals surface area contributed by atoms with Crippen molar-refractivity contribution in [2.75, 3.05) is 20.1 Å². The fraction of sp³-hybridized carbons (Fsp3) is 0.615. The zero-order valence-corrected chi connectivity index (χ0v) is 11.8. The van der Waals surface area contributed by atoms with Crippen LogP contribution in [0.15, 0.2) is 10.7 Å². The highest BCUT2D eigenvalue weighted by molar-refractivity contribution is 9.10. The smallest absolute Gasteiger partial charge is 0.106 e. The average Bonchev–Trinajstić information content (AvgIpc) is 2.19. The highest BCUT2D eigenvalue weighted by Gasteiger charge is 2.22. The van der Waals surface area contributed by atoms with E-state index >= 15 is 0 Å². The monoisotopic (exact) mass is 282 g/mol. The van der Waals surface area contributed by atoms with Crippen LogP contribution in [0.25, 0.3) is 0 Å². The third-order valence-electron chi connectivity index (χ3n) is 3.55. The Balaban J connectivity index is 2.26. The number of pyridine rings is 1. The van der Waals surface area contributed by atoms with Gasteiger partial charge in [-0.25, -0.2) is 4.98 Å². The summed E-state index contributed by atoms with van der Waals surface area (Å²) in [5.74, 6) is 0.705. The Morgan fingerprint density at radius 1 is 1.31 bits per heavy atom. The van der Waals surface area contributed by atoms with Crippen LogP contribution in [0.2, 0.25) is 0 Å². The lowest BCUT2D eigenvalue weighted by Gasteiger charge is -2.30. The Labute approximate surface area is 106 Å². The van der Waals surface area contributed by atoms with Crippen molar-refractivity contribution in [1.29, 1.82) is 0 Å². The number of rotatable bonds is 1. The largest absolute Gasteiger partial charge is 0.306 e. The van der Waals surface area contributed by atoms with Crippen LogP contribution in [-0.2, 0) is 0 Å². The second-order valence-corrected chi connectivity index (χ2v) is 5.65. The maximum atomic E-state index is 4.53. The summed E-state index contributed by atoms with van der Waals surface area (Å²) in [5.41, 5.74) is 4.06. The number of nitrogens with zero attached hydrogens (tertiary/aromatic N) is 2. The van der Waals surface area contributed by atoms with Gasteiger partial charge in [0.05, 0.1) is 0 Å². The van der Waals surface area contributed by atoms with E-state index in [0.717, 1.165) is 4.60 Å². The number of likely N-dealkylation sites (tertiary alicyclic amines) is 1. The highest BCUT2D eigenvalue weighted by atomic mass is 79.9. The van der Waals surface area contributed by atoms with Crippen LogP contribution in [0, 0.1) is 13.8 Å². The molecule has 0 amide bonds. The van der Waals surface area contributed by atoms with Gasteiger partial charge in [-0.3, -0.25) is 0 Å². The summed E-state index contributed by atoms with van der Waals surface area (Å²) in [6.45, 7) is 6.75. The molecule has 1 aromatic rings. The lowest BCUT2D eigenvalue weighted by Crippen LogP contribution is -2.29. The Morgan fingerprint density at radius 3 is 2.50 bits per heavy atom. The van der Waals surface area contributed by atoms with Crippen molar-refractivity contribution in [2.24, 2.45) is 0 Å². The lowest BCUT2D eigenvalue weighted by molar-refractivity contribution is 0.254. The third-order valence-corrected chi connectivity index (χ3v) is 3.96. The zero-order chi connectivity index (χ0) is 11.7. The van der Waals surface area contributed by atoms with Crippen LogP contribution in [0.3, 0.4) is 0 Å². The van der Waals surface area contributed by atoms with E-state index in [9.17, 15) is 0 Å². The number of hydrogen-bond acceptors (Lipinski definition) is 2. The molecule has 16 heavy (non-hydrogen) atoms. The number of aryl methyl sites for hydroxylation is 2. The van der Waals surface area contributed by atoms with Gasteiger partial charge in [0.25, 0.3) is 0 Å². The van der Waals surface area contributed by atoms with Gasteiger partial charge in [0.15, 0.2) is 0 Å². The first-order chi connectivity index (χ1) is 7.58. The Morgan fingerprint density at radius 2 is 1.94 bits per heavy atom. The van der Waals surface area contributed by atoms with Crippen LogP contribution in [-0.4, -0.2) is 30.0 Å². The summed E-state index contributed by atoms with van der Waals surface area (Å²) in [4.78, 5) is 6.94. The normalized spacial score (nSPS) is 19.0. The van der Waals surface area contributed by atoms with Crippen LogP contribution >= 0.6 is 15.9 Å². The van der Waals surface area contributed by atoms with E-state index in [4.69, 9.17) is 0 Å². The molecule has 0 N–H and O–H groups in total. The van der Waals surface area contributed by atoms with Crippen molar-refractivity contribution in [3.8, 4) is 0 Å². The minimum atomic E-state index is 0.705. The molecule has 1 aliphatic heterocycles. The molecule has 0 spiro atoms. The quantitative estimate of drug-likeness (QED) is 0.735. The van der Waals surface area contributed by atoms with Crippen molar-refractivity contribution >= 4 is 15.9 Å². The number of aromatic nitrogens is 1. The fourth-order valence-corrected chi connectivity index (χ4v) is 3.32. The summed E-state index contributed by atoms with van der Waals surface area (Å²) in [5, 5.41) is 0. The third kappa shape index (κ3) is 2.46. The van der Waals surface area contributed by atoms with E-state index in [0.29, 0.717) is 5.92 Å². The van der Waals surface area contributed by atoms with Gasteiger partial charge >= 0.3 is 0 Å². The molecule has 1 saturated heterocycles. The van der Waals surface area contributed by atoms with E-state index in [2.05, 4.69) is 52.8 Å². The van der Waals surface area contributed by atoms with E-state index in [1.165, 1.54) is 42.8 Å². The lowest BCUT2D eigenvalue weighted by atomic mass is 9.86. The average molecular weight is 283 g/mol.